The molecule has 4 nitrogen and oxygen atoms in total. The molecule has 0 fully saturated rings. The Hall–Kier alpha value is -1.53. The fraction of sp³-hybridized carbons (Fsp3) is 0.412. The molecular weight excluding hydrogens is 328 g/mol. The summed E-state index contributed by atoms with van der Waals surface area (Å²) in [6, 6.07) is 7.98. The molecule has 1 aromatic carbocycles. The van der Waals surface area contributed by atoms with Crippen molar-refractivity contribution in [2.75, 3.05) is 17.2 Å². The molecule has 23 heavy (non-hydrogen) atoms. The lowest BCUT2D eigenvalue weighted by molar-refractivity contribution is -0.116. The van der Waals surface area contributed by atoms with E-state index in [1.54, 1.807) is 16.2 Å². The molecule has 2 heterocycles. The quantitative estimate of drug-likeness (QED) is 0.835. The molecule has 1 amide bonds. The molecule has 2 aromatic rings. The summed E-state index contributed by atoms with van der Waals surface area (Å²) in [6.45, 7) is 2.76. The first-order chi connectivity index (χ1) is 11.2. The number of amides is 1. The minimum absolute atomic E-state index is 0.0542. The molecule has 0 saturated carbocycles. The molecule has 0 radical (unpaired) electrons. The van der Waals surface area contributed by atoms with E-state index in [1.165, 1.54) is 5.56 Å². The predicted octanol–water partition coefficient (Wildman–Crippen LogP) is 2.93. The van der Waals surface area contributed by atoms with E-state index >= 15 is 0 Å². The van der Waals surface area contributed by atoms with Crippen LogP contribution in [0.2, 0.25) is 0 Å². The molecule has 3 rings (SSSR count). The van der Waals surface area contributed by atoms with Gasteiger partial charge in [-0.05, 0) is 30.9 Å². The van der Waals surface area contributed by atoms with Gasteiger partial charge in [0.2, 0.25) is 5.91 Å². The fourth-order valence-electron chi connectivity index (χ4n) is 2.80. The Balaban J connectivity index is 1.64. The Kier molecular flexibility index (Phi) is 5.23. The number of rotatable bonds is 5. The van der Waals surface area contributed by atoms with E-state index in [-0.39, 0.29) is 11.7 Å². The van der Waals surface area contributed by atoms with Crippen LogP contribution in [0.1, 0.15) is 29.6 Å². The summed E-state index contributed by atoms with van der Waals surface area (Å²) in [5.41, 5.74) is 3.00. The number of hydrogen-bond donors (Lipinski definition) is 0. The maximum atomic E-state index is 12.5. The van der Waals surface area contributed by atoms with Crippen LogP contribution in [0.5, 0.6) is 0 Å². The maximum Gasteiger partial charge on any atom is 0.239 e. The number of thiazole rings is 1. The number of hydrogen-bond acceptors (Lipinski definition) is 4. The van der Waals surface area contributed by atoms with Crippen LogP contribution >= 0.6 is 11.3 Å². The van der Waals surface area contributed by atoms with Crippen LogP contribution in [0.25, 0.3) is 0 Å². The Labute approximate surface area is 143 Å². The van der Waals surface area contributed by atoms with Gasteiger partial charge in [0.05, 0.1) is 16.5 Å². The molecule has 6 heteroatoms. The van der Waals surface area contributed by atoms with E-state index in [9.17, 15) is 9.00 Å². The Morgan fingerprint density at radius 1 is 1.39 bits per heavy atom. The maximum absolute atomic E-state index is 12.5. The van der Waals surface area contributed by atoms with Crippen LogP contribution in [0.3, 0.4) is 0 Å². The largest absolute Gasteiger partial charge is 0.311 e. The second kappa shape index (κ2) is 7.36. The SMILES string of the molecule is CCc1nc(CS(=O)CC(=O)N2CCCc3ccccc32)cs1. The van der Waals surface area contributed by atoms with E-state index in [4.69, 9.17) is 0 Å². The number of anilines is 1. The highest BCUT2D eigenvalue weighted by Crippen LogP contribution is 2.26. The number of carbonyl (C=O) groups is 1. The van der Waals surface area contributed by atoms with Crippen molar-refractivity contribution in [1.82, 2.24) is 4.98 Å². The third-order valence-electron chi connectivity index (χ3n) is 3.91. The fourth-order valence-corrected chi connectivity index (χ4v) is 4.66. The summed E-state index contributed by atoms with van der Waals surface area (Å²) in [5, 5.41) is 2.99. The van der Waals surface area contributed by atoms with Crippen molar-refractivity contribution in [2.45, 2.75) is 31.9 Å². The van der Waals surface area contributed by atoms with Crippen LogP contribution in [0, 0.1) is 0 Å². The van der Waals surface area contributed by atoms with Crippen molar-refractivity contribution < 1.29 is 9.00 Å². The highest BCUT2D eigenvalue weighted by Gasteiger charge is 2.23. The normalized spacial score (nSPS) is 15.3. The first kappa shape index (κ1) is 16.3. The molecular formula is C17H20N2O2S2. The minimum atomic E-state index is -1.22. The smallest absolute Gasteiger partial charge is 0.239 e. The number of nitrogens with zero attached hydrogens (tertiary/aromatic N) is 2. The second-order valence-electron chi connectivity index (χ2n) is 5.59. The standard InChI is InChI=1S/C17H20N2O2S2/c1-2-16-18-14(10-22-16)11-23(21)12-17(20)19-9-5-7-13-6-3-4-8-15(13)19/h3-4,6,8,10H,2,5,7,9,11-12H2,1H3. The summed E-state index contributed by atoms with van der Waals surface area (Å²) in [7, 11) is -1.22. The zero-order valence-electron chi connectivity index (χ0n) is 13.2. The molecule has 1 unspecified atom stereocenters. The molecule has 0 bridgehead atoms. The van der Waals surface area contributed by atoms with Gasteiger partial charge in [-0.3, -0.25) is 9.00 Å². The number of benzene rings is 1. The van der Waals surface area contributed by atoms with E-state index in [2.05, 4.69) is 18.0 Å². The van der Waals surface area contributed by atoms with Gasteiger partial charge in [0, 0.05) is 28.4 Å². The third-order valence-corrected chi connectivity index (χ3v) is 6.14. The van der Waals surface area contributed by atoms with E-state index in [1.807, 2.05) is 23.6 Å². The van der Waals surface area contributed by atoms with Gasteiger partial charge in [-0.2, -0.15) is 0 Å². The summed E-state index contributed by atoms with van der Waals surface area (Å²) in [4.78, 5) is 18.7. The van der Waals surface area contributed by atoms with Crippen LogP contribution in [0.4, 0.5) is 5.69 Å². The number of aromatic nitrogens is 1. The lowest BCUT2D eigenvalue weighted by atomic mass is 10.0. The van der Waals surface area contributed by atoms with Gasteiger partial charge in [0.1, 0.15) is 5.75 Å². The molecule has 1 aliphatic heterocycles. The van der Waals surface area contributed by atoms with Gasteiger partial charge in [-0.1, -0.05) is 25.1 Å². The summed E-state index contributed by atoms with van der Waals surface area (Å²) < 4.78 is 12.3. The average molecular weight is 348 g/mol. The monoisotopic (exact) mass is 348 g/mol. The van der Waals surface area contributed by atoms with Gasteiger partial charge in [-0.25, -0.2) is 4.98 Å². The van der Waals surface area contributed by atoms with Crippen LogP contribution in [-0.4, -0.2) is 27.4 Å². The van der Waals surface area contributed by atoms with Crippen LogP contribution < -0.4 is 4.90 Å². The van der Waals surface area contributed by atoms with Crippen molar-refractivity contribution >= 4 is 33.7 Å². The Bertz CT molecular complexity index is 727. The zero-order chi connectivity index (χ0) is 16.2. The van der Waals surface area contributed by atoms with Gasteiger partial charge >= 0.3 is 0 Å². The molecule has 1 atom stereocenters. The van der Waals surface area contributed by atoms with Crippen LogP contribution in [-0.2, 0) is 34.2 Å². The van der Waals surface area contributed by atoms with Gasteiger partial charge in [0.15, 0.2) is 0 Å². The predicted molar refractivity (Wildman–Crippen MR) is 95.3 cm³/mol. The van der Waals surface area contributed by atoms with Crippen molar-refractivity contribution in [3.63, 3.8) is 0 Å². The minimum Gasteiger partial charge on any atom is -0.311 e. The molecule has 0 spiro atoms. The molecule has 1 aliphatic rings. The zero-order valence-corrected chi connectivity index (χ0v) is 14.8. The first-order valence-electron chi connectivity index (χ1n) is 7.84. The lowest BCUT2D eigenvalue weighted by Gasteiger charge is -2.29. The number of fused-ring (bicyclic) bond motifs is 1. The summed E-state index contributed by atoms with van der Waals surface area (Å²) >= 11 is 1.59. The highest BCUT2D eigenvalue weighted by molar-refractivity contribution is 7.85. The van der Waals surface area contributed by atoms with Crippen molar-refractivity contribution in [3.05, 3.63) is 45.9 Å². The summed E-state index contributed by atoms with van der Waals surface area (Å²) in [6.07, 6.45) is 2.85. The van der Waals surface area contributed by atoms with Crippen molar-refractivity contribution in [3.8, 4) is 0 Å². The van der Waals surface area contributed by atoms with Gasteiger partial charge in [-0.15, -0.1) is 11.3 Å². The lowest BCUT2D eigenvalue weighted by Crippen LogP contribution is -2.38. The van der Waals surface area contributed by atoms with Crippen molar-refractivity contribution in [2.24, 2.45) is 0 Å². The summed E-state index contributed by atoms with van der Waals surface area (Å²) in [5.74, 6) is 0.367. The Morgan fingerprint density at radius 3 is 3.00 bits per heavy atom. The second-order valence-corrected chi connectivity index (χ2v) is 7.99. The Morgan fingerprint density at radius 2 is 2.22 bits per heavy atom. The molecule has 122 valence electrons. The van der Waals surface area contributed by atoms with E-state index < -0.39 is 10.8 Å². The van der Waals surface area contributed by atoms with Gasteiger partial charge in [0.25, 0.3) is 0 Å². The van der Waals surface area contributed by atoms with E-state index in [0.717, 1.165) is 35.7 Å². The third kappa shape index (κ3) is 3.87. The molecule has 1 aromatic heterocycles. The topological polar surface area (TPSA) is 50.3 Å². The number of aryl methyl sites for hydroxylation is 2. The first-order valence-corrected chi connectivity index (χ1v) is 10.2. The number of carbonyl (C=O) groups excluding carboxylic acids is 1. The van der Waals surface area contributed by atoms with E-state index in [0.29, 0.717) is 12.3 Å². The number of para-hydroxylation sites is 1. The van der Waals surface area contributed by atoms with Gasteiger partial charge < -0.3 is 4.90 Å². The highest BCUT2D eigenvalue weighted by atomic mass is 32.2. The van der Waals surface area contributed by atoms with Crippen molar-refractivity contribution in [1.29, 1.82) is 0 Å². The average Bonchev–Trinajstić information content (AvgIpc) is 3.01. The molecule has 0 aliphatic carbocycles. The molecule has 0 N–H and O–H groups in total. The van der Waals surface area contributed by atoms with Crippen LogP contribution in [0.15, 0.2) is 29.6 Å². The molecule has 0 saturated heterocycles.